The lowest BCUT2D eigenvalue weighted by Gasteiger charge is -2.15. The number of hydrogen-bond donors (Lipinski definition) is 1. The van der Waals surface area contributed by atoms with Crippen molar-refractivity contribution >= 4 is 5.69 Å². The minimum absolute atomic E-state index is 0.0226. The summed E-state index contributed by atoms with van der Waals surface area (Å²) in [4.78, 5) is 0. The summed E-state index contributed by atoms with van der Waals surface area (Å²) in [6.07, 6.45) is 0.959. The van der Waals surface area contributed by atoms with E-state index in [1.807, 2.05) is 42.5 Å². The molecule has 0 amide bonds. The zero-order valence-electron chi connectivity index (χ0n) is 12.8. The molecule has 2 aromatic carbocycles. The molecule has 0 unspecified atom stereocenters. The molecular weight excluding hydrogens is 290 g/mol. The maximum absolute atomic E-state index is 5.54. The van der Waals surface area contributed by atoms with Crippen LogP contribution in [0, 0.1) is 0 Å². The normalized spacial score (nSPS) is 14.1. The van der Waals surface area contributed by atoms with Gasteiger partial charge in [0.05, 0.1) is 18.3 Å². The lowest BCUT2D eigenvalue weighted by molar-refractivity contribution is 0.357. The largest absolute Gasteiger partial charge is 0.493 e. The maximum Gasteiger partial charge on any atom is 0.178 e. The van der Waals surface area contributed by atoms with Crippen molar-refractivity contribution in [3.63, 3.8) is 0 Å². The van der Waals surface area contributed by atoms with E-state index in [1.54, 1.807) is 4.68 Å². The van der Waals surface area contributed by atoms with Crippen LogP contribution in [-0.4, -0.2) is 26.8 Å². The Hall–Kier alpha value is -2.89. The van der Waals surface area contributed by atoms with Gasteiger partial charge in [-0.3, -0.25) is 0 Å². The van der Waals surface area contributed by atoms with Gasteiger partial charge in [-0.15, -0.1) is 5.10 Å². The molecule has 2 heterocycles. The molecule has 0 radical (unpaired) electrons. The number of benzene rings is 2. The van der Waals surface area contributed by atoms with E-state index in [1.165, 1.54) is 5.56 Å². The van der Waals surface area contributed by atoms with Crippen molar-refractivity contribution in [1.29, 1.82) is 0 Å². The standard InChI is InChI=1S/C17H17N5O/c1-12(18-14-7-8-16-13(11-14)9-10-23-16)17-19-20-21-22(17)15-5-3-2-4-6-15/h2-8,11-12,18H,9-10H2,1H3/t12-/m1/s1. The number of aromatic nitrogens is 4. The quantitative estimate of drug-likeness (QED) is 0.803. The Bertz CT molecular complexity index is 815. The third-order valence-electron chi connectivity index (χ3n) is 3.95. The average molecular weight is 307 g/mol. The average Bonchev–Trinajstić information content (AvgIpc) is 3.24. The second-order valence-corrected chi connectivity index (χ2v) is 5.57. The molecule has 23 heavy (non-hydrogen) atoms. The number of ether oxygens (including phenoxy) is 1. The molecule has 1 atom stereocenters. The van der Waals surface area contributed by atoms with E-state index in [4.69, 9.17) is 4.74 Å². The highest BCUT2D eigenvalue weighted by Gasteiger charge is 2.17. The lowest BCUT2D eigenvalue weighted by Crippen LogP contribution is -2.13. The number of rotatable bonds is 4. The number of nitrogens with one attached hydrogen (secondary N) is 1. The molecule has 0 saturated carbocycles. The molecule has 0 saturated heterocycles. The fourth-order valence-corrected chi connectivity index (χ4v) is 2.81. The van der Waals surface area contributed by atoms with Gasteiger partial charge in [-0.25, -0.2) is 0 Å². The summed E-state index contributed by atoms with van der Waals surface area (Å²) < 4.78 is 7.30. The van der Waals surface area contributed by atoms with Crippen LogP contribution in [0.2, 0.25) is 0 Å². The van der Waals surface area contributed by atoms with Gasteiger partial charge in [0.2, 0.25) is 0 Å². The Labute approximate surface area is 134 Å². The molecule has 1 N–H and O–H groups in total. The Morgan fingerprint density at radius 1 is 1.17 bits per heavy atom. The van der Waals surface area contributed by atoms with Crippen LogP contribution in [0.4, 0.5) is 5.69 Å². The van der Waals surface area contributed by atoms with Crippen LogP contribution in [0.3, 0.4) is 0 Å². The molecule has 6 nitrogen and oxygen atoms in total. The smallest absolute Gasteiger partial charge is 0.178 e. The summed E-state index contributed by atoms with van der Waals surface area (Å²) in [7, 11) is 0. The Morgan fingerprint density at radius 2 is 2.04 bits per heavy atom. The minimum atomic E-state index is -0.0226. The minimum Gasteiger partial charge on any atom is -0.493 e. The van der Waals surface area contributed by atoms with E-state index in [-0.39, 0.29) is 6.04 Å². The predicted molar refractivity (Wildman–Crippen MR) is 86.8 cm³/mol. The van der Waals surface area contributed by atoms with Crippen LogP contribution in [0.1, 0.15) is 24.4 Å². The van der Waals surface area contributed by atoms with Gasteiger partial charge in [-0.05, 0) is 53.2 Å². The van der Waals surface area contributed by atoms with Gasteiger partial charge in [0.1, 0.15) is 5.75 Å². The molecule has 1 aliphatic heterocycles. The van der Waals surface area contributed by atoms with Crippen LogP contribution in [0.15, 0.2) is 48.5 Å². The van der Waals surface area contributed by atoms with Crippen molar-refractivity contribution in [1.82, 2.24) is 20.2 Å². The number of hydrogen-bond acceptors (Lipinski definition) is 5. The van der Waals surface area contributed by atoms with Crippen molar-refractivity contribution in [2.24, 2.45) is 0 Å². The predicted octanol–water partition coefficient (Wildman–Crippen LogP) is 2.77. The first-order valence-electron chi connectivity index (χ1n) is 7.67. The number of nitrogens with zero attached hydrogens (tertiary/aromatic N) is 4. The summed E-state index contributed by atoms with van der Waals surface area (Å²) in [6, 6.07) is 16.0. The Kier molecular flexibility index (Phi) is 3.42. The summed E-state index contributed by atoms with van der Waals surface area (Å²) in [5.74, 6) is 1.75. The van der Waals surface area contributed by atoms with E-state index >= 15 is 0 Å². The van der Waals surface area contributed by atoms with Crippen LogP contribution in [0.25, 0.3) is 5.69 Å². The van der Waals surface area contributed by atoms with Gasteiger partial charge in [0.15, 0.2) is 5.82 Å². The number of fused-ring (bicyclic) bond motifs is 1. The molecule has 0 aliphatic carbocycles. The second kappa shape index (κ2) is 5.72. The Balaban J connectivity index is 1.58. The van der Waals surface area contributed by atoms with Crippen molar-refractivity contribution in [3.8, 4) is 11.4 Å². The lowest BCUT2D eigenvalue weighted by atomic mass is 10.1. The molecule has 6 heteroatoms. The molecule has 3 aromatic rings. The molecule has 0 fully saturated rings. The summed E-state index contributed by atoms with van der Waals surface area (Å²) in [6.45, 7) is 2.81. The first-order chi connectivity index (χ1) is 11.3. The zero-order chi connectivity index (χ0) is 15.6. The molecule has 4 rings (SSSR count). The molecular formula is C17H17N5O. The number of para-hydroxylation sites is 1. The van der Waals surface area contributed by atoms with Crippen molar-refractivity contribution in [3.05, 3.63) is 59.9 Å². The number of anilines is 1. The maximum atomic E-state index is 5.54. The van der Waals surface area contributed by atoms with Gasteiger partial charge in [-0.1, -0.05) is 18.2 Å². The van der Waals surface area contributed by atoms with Gasteiger partial charge in [0, 0.05) is 12.1 Å². The van der Waals surface area contributed by atoms with E-state index < -0.39 is 0 Å². The fraction of sp³-hybridized carbons (Fsp3) is 0.235. The highest BCUT2D eigenvalue weighted by atomic mass is 16.5. The summed E-state index contributed by atoms with van der Waals surface area (Å²) in [5.41, 5.74) is 3.23. The van der Waals surface area contributed by atoms with Gasteiger partial charge in [-0.2, -0.15) is 4.68 Å². The SMILES string of the molecule is C[C@@H](Nc1ccc2c(c1)CCO2)c1nnnn1-c1ccccc1. The zero-order valence-corrected chi connectivity index (χ0v) is 12.8. The molecule has 1 aromatic heterocycles. The Morgan fingerprint density at radius 3 is 2.91 bits per heavy atom. The summed E-state index contributed by atoms with van der Waals surface area (Å²) in [5, 5.41) is 15.6. The highest BCUT2D eigenvalue weighted by Crippen LogP contribution is 2.29. The van der Waals surface area contributed by atoms with Crippen molar-refractivity contribution < 1.29 is 4.74 Å². The van der Waals surface area contributed by atoms with Gasteiger partial charge in [0.25, 0.3) is 0 Å². The number of tetrazole rings is 1. The first kappa shape index (κ1) is 13.8. The van der Waals surface area contributed by atoms with Gasteiger partial charge < -0.3 is 10.1 Å². The van der Waals surface area contributed by atoms with Crippen molar-refractivity contribution in [2.45, 2.75) is 19.4 Å². The van der Waals surface area contributed by atoms with Crippen LogP contribution >= 0.6 is 0 Å². The van der Waals surface area contributed by atoms with Crippen molar-refractivity contribution in [2.75, 3.05) is 11.9 Å². The molecule has 1 aliphatic rings. The molecule has 0 bridgehead atoms. The van der Waals surface area contributed by atoms with E-state index in [9.17, 15) is 0 Å². The van der Waals surface area contributed by atoms with Crippen LogP contribution in [0.5, 0.6) is 5.75 Å². The topological polar surface area (TPSA) is 64.9 Å². The van der Waals surface area contributed by atoms with E-state index in [2.05, 4.69) is 33.8 Å². The first-order valence-corrected chi connectivity index (χ1v) is 7.67. The third kappa shape index (κ3) is 2.63. The van der Waals surface area contributed by atoms with E-state index in [0.717, 1.165) is 36.0 Å². The molecule has 0 spiro atoms. The van der Waals surface area contributed by atoms with Crippen LogP contribution in [-0.2, 0) is 6.42 Å². The van der Waals surface area contributed by atoms with E-state index in [0.29, 0.717) is 0 Å². The second-order valence-electron chi connectivity index (χ2n) is 5.57. The fourth-order valence-electron chi connectivity index (χ4n) is 2.81. The van der Waals surface area contributed by atoms with Gasteiger partial charge >= 0.3 is 0 Å². The third-order valence-corrected chi connectivity index (χ3v) is 3.95. The summed E-state index contributed by atoms with van der Waals surface area (Å²) >= 11 is 0. The highest BCUT2D eigenvalue weighted by molar-refractivity contribution is 5.53. The van der Waals surface area contributed by atoms with Crippen LogP contribution < -0.4 is 10.1 Å². The molecule has 116 valence electrons. The monoisotopic (exact) mass is 307 g/mol.